The minimum absolute atomic E-state index is 0.259. The number of hydrogen-bond donors (Lipinski definition) is 2. The number of benzene rings is 2. The fourth-order valence-corrected chi connectivity index (χ4v) is 2.21. The fourth-order valence-electron chi connectivity index (χ4n) is 2.21. The van der Waals surface area contributed by atoms with Crippen molar-refractivity contribution in [3.05, 3.63) is 53.6 Å². The Morgan fingerprint density at radius 3 is 3.00 bits per heavy atom. The molecule has 2 N–H and O–H groups in total. The molecule has 21 heavy (non-hydrogen) atoms. The lowest BCUT2D eigenvalue weighted by Crippen LogP contribution is -2.21. The van der Waals surface area contributed by atoms with E-state index in [1.807, 2.05) is 12.1 Å². The van der Waals surface area contributed by atoms with Crippen LogP contribution in [0.15, 0.2) is 42.5 Å². The molecule has 0 spiro atoms. The average Bonchev–Trinajstić information content (AvgIpc) is 2.54. The second-order valence-corrected chi connectivity index (χ2v) is 4.60. The number of para-hydroxylation sites is 1. The summed E-state index contributed by atoms with van der Waals surface area (Å²) in [5.74, 6) is 0.309. The third-order valence-corrected chi connectivity index (χ3v) is 3.17. The van der Waals surface area contributed by atoms with Crippen LogP contribution in [0.1, 0.15) is 15.9 Å². The Balaban J connectivity index is 1.87. The van der Waals surface area contributed by atoms with Gasteiger partial charge in [0.2, 0.25) is 0 Å². The molecule has 1 amide bonds. The molecule has 0 bridgehead atoms. The van der Waals surface area contributed by atoms with Gasteiger partial charge in [-0.1, -0.05) is 12.1 Å². The van der Waals surface area contributed by atoms with Crippen LogP contribution in [-0.2, 0) is 0 Å². The van der Waals surface area contributed by atoms with E-state index in [0.717, 1.165) is 12.2 Å². The number of nitriles is 1. The third kappa shape index (κ3) is 2.65. The van der Waals surface area contributed by atoms with Crippen LogP contribution in [-0.4, -0.2) is 19.1 Å². The van der Waals surface area contributed by atoms with Crippen molar-refractivity contribution in [3.8, 4) is 11.8 Å². The van der Waals surface area contributed by atoms with E-state index in [9.17, 15) is 4.79 Å². The van der Waals surface area contributed by atoms with Crippen molar-refractivity contribution < 1.29 is 9.53 Å². The van der Waals surface area contributed by atoms with Gasteiger partial charge in [-0.15, -0.1) is 0 Å². The number of carbonyl (C=O) groups is 1. The molecule has 3 rings (SSSR count). The van der Waals surface area contributed by atoms with Crippen molar-refractivity contribution >= 4 is 17.3 Å². The van der Waals surface area contributed by atoms with Crippen molar-refractivity contribution in [1.29, 1.82) is 5.26 Å². The molecule has 104 valence electrons. The predicted octanol–water partition coefficient (Wildman–Crippen LogP) is 2.61. The highest BCUT2D eigenvalue weighted by atomic mass is 16.5. The highest BCUT2D eigenvalue weighted by molar-refractivity contribution is 6.07. The summed E-state index contributed by atoms with van der Waals surface area (Å²) in [6.07, 6.45) is 0. The molecule has 5 heteroatoms. The maximum Gasteiger partial charge on any atom is 0.259 e. The molecule has 0 radical (unpaired) electrons. The van der Waals surface area contributed by atoms with E-state index < -0.39 is 0 Å². The van der Waals surface area contributed by atoms with Gasteiger partial charge in [0.05, 0.1) is 22.9 Å². The molecule has 1 heterocycles. The van der Waals surface area contributed by atoms with Gasteiger partial charge < -0.3 is 15.4 Å². The molecular formula is C16H13N3O2. The number of nitrogens with zero attached hydrogens (tertiary/aromatic N) is 1. The van der Waals surface area contributed by atoms with E-state index in [1.165, 1.54) is 0 Å². The van der Waals surface area contributed by atoms with Crippen LogP contribution < -0.4 is 15.4 Å². The quantitative estimate of drug-likeness (QED) is 0.886. The minimum Gasteiger partial charge on any atom is -0.489 e. The zero-order chi connectivity index (χ0) is 14.7. The van der Waals surface area contributed by atoms with Crippen LogP contribution in [0.4, 0.5) is 11.4 Å². The zero-order valence-electron chi connectivity index (χ0n) is 11.2. The first-order chi connectivity index (χ1) is 10.3. The predicted molar refractivity (Wildman–Crippen MR) is 79.5 cm³/mol. The molecule has 0 aliphatic carbocycles. The standard InChI is InChI=1S/C16H13N3O2/c17-10-11-3-1-4-12(9-11)19-16(20)13-5-2-6-14-15(13)21-8-7-18-14/h1-6,9,18H,7-8H2,(H,19,20). The molecule has 0 fully saturated rings. The van der Waals surface area contributed by atoms with Gasteiger partial charge in [-0.3, -0.25) is 4.79 Å². The molecule has 0 aromatic heterocycles. The van der Waals surface area contributed by atoms with E-state index >= 15 is 0 Å². The van der Waals surface area contributed by atoms with E-state index in [-0.39, 0.29) is 5.91 Å². The summed E-state index contributed by atoms with van der Waals surface area (Å²) < 4.78 is 5.58. The van der Waals surface area contributed by atoms with Crippen molar-refractivity contribution in [3.63, 3.8) is 0 Å². The van der Waals surface area contributed by atoms with Gasteiger partial charge in [-0.25, -0.2) is 0 Å². The van der Waals surface area contributed by atoms with Gasteiger partial charge >= 0.3 is 0 Å². The number of carbonyl (C=O) groups excluding carboxylic acids is 1. The van der Waals surface area contributed by atoms with Gasteiger partial charge in [0.1, 0.15) is 6.61 Å². The van der Waals surface area contributed by atoms with E-state index in [2.05, 4.69) is 10.6 Å². The third-order valence-electron chi connectivity index (χ3n) is 3.17. The van der Waals surface area contributed by atoms with Crippen molar-refractivity contribution in [2.24, 2.45) is 0 Å². The number of fused-ring (bicyclic) bond motifs is 1. The molecule has 0 saturated carbocycles. The lowest BCUT2D eigenvalue weighted by atomic mass is 10.1. The number of anilines is 2. The zero-order valence-corrected chi connectivity index (χ0v) is 11.2. The second kappa shape index (κ2) is 5.55. The molecule has 0 saturated heterocycles. The van der Waals surface area contributed by atoms with E-state index in [4.69, 9.17) is 10.00 Å². The largest absolute Gasteiger partial charge is 0.489 e. The monoisotopic (exact) mass is 279 g/mol. The molecule has 0 unspecified atom stereocenters. The molecule has 5 nitrogen and oxygen atoms in total. The fraction of sp³-hybridized carbons (Fsp3) is 0.125. The maximum atomic E-state index is 12.4. The molecule has 1 aliphatic heterocycles. The number of amides is 1. The van der Waals surface area contributed by atoms with E-state index in [0.29, 0.717) is 29.2 Å². The molecule has 2 aromatic rings. The first kappa shape index (κ1) is 13.0. The lowest BCUT2D eigenvalue weighted by molar-refractivity contribution is 0.102. The van der Waals surface area contributed by atoms with Gasteiger partial charge in [-0.05, 0) is 30.3 Å². The summed E-state index contributed by atoms with van der Waals surface area (Å²) in [6, 6.07) is 14.2. The summed E-state index contributed by atoms with van der Waals surface area (Å²) in [6.45, 7) is 1.25. The second-order valence-electron chi connectivity index (χ2n) is 4.60. The van der Waals surface area contributed by atoms with Crippen molar-refractivity contribution in [2.75, 3.05) is 23.8 Å². The van der Waals surface area contributed by atoms with Crippen LogP contribution in [0.5, 0.6) is 5.75 Å². The summed E-state index contributed by atoms with van der Waals surface area (Å²) >= 11 is 0. The summed E-state index contributed by atoms with van der Waals surface area (Å²) in [7, 11) is 0. The number of ether oxygens (including phenoxy) is 1. The Kier molecular flexibility index (Phi) is 3.44. The van der Waals surface area contributed by atoms with Gasteiger partial charge in [0.15, 0.2) is 5.75 Å². The molecule has 0 atom stereocenters. The summed E-state index contributed by atoms with van der Waals surface area (Å²) in [4.78, 5) is 12.4. The Morgan fingerprint density at radius 1 is 1.29 bits per heavy atom. The van der Waals surface area contributed by atoms with Crippen LogP contribution >= 0.6 is 0 Å². The van der Waals surface area contributed by atoms with Gasteiger partial charge in [0, 0.05) is 12.2 Å². The average molecular weight is 279 g/mol. The Morgan fingerprint density at radius 2 is 2.14 bits per heavy atom. The van der Waals surface area contributed by atoms with Crippen LogP contribution in [0, 0.1) is 11.3 Å². The lowest BCUT2D eigenvalue weighted by Gasteiger charge is -2.21. The van der Waals surface area contributed by atoms with Crippen molar-refractivity contribution in [2.45, 2.75) is 0 Å². The Bertz CT molecular complexity index is 735. The topological polar surface area (TPSA) is 74.2 Å². The Hall–Kier alpha value is -3.00. The molecule has 1 aliphatic rings. The smallest absolute Gasteiger partial charge is 0.259 e. The maximum absolute atomic E-state index is 12.4. The van der Waals surface area contributed by atoms with Crippen LogP contribution in [0.3, 0.4) is 0 Å². The minimum atomic E-state index is -0.259. The first-order valence-electron chi connectivity index (χ1n) is 6.59. The van der Waals surface area contributed by atoms with Crippen molar-refractivity contribution in [1.82, 2.24) is 0 Å². The SMILES string of the molecule is N#Cc1cccc(NC(=O)c2cccc3c2OCCN3)c1. The highest BCUT2D eigenvalue weighted by Gasteiger charge is 2.19. The number of rotatable bonds is 2. The van der Waals surface area contributed by atoms with E-state index in [1.54, 1.807) is 36.4 Å². The summed E-state index contributed by atoms with van der Waals surface area (Å²) in [5.41, 5.74) is 2.38. The normalized spacial score (nSPS) is 12.3. The van der Waals surface area contributed by atoms with Crippen LogP contribution in [0.25, 0.3) is 0 Å². The molecule has 2 aromatic carbocycles. The first-order valence-corrected chi connectivity index (χ1v) is 6.59. The Labute approximate surface area is 122 Å². The number of nitrogens with one attached hydrogen (secondary N) is 2. The van der Waals surface area contributed by atoms with Gasteiger partial charge in [0.25, 0.3) is 5.91 Å². The summed E-state index contributed by atoms with van der Waals surface area (Å²) in [5, 5.41) is 14.9. The number of hydrogen-bond acceptors (Lipinski definition) is 4. The molecular weight excluding hydrogens is 266 g/mol. The highest BCUT2D eigenvalue weighted by Crippen LogP contribution is 2.31. The van der Waals surface area contributed by atoms with Gasteiger partial charge in [-0.2, -0.15) is 5.26 Å². The van der Waals surface area contributed by atoms with Crippen LogP contribution in [0.2, 0.25) is 0 Å².